The number of hydrogen-bond acceptors (Lipinski definition) is 1. The van der Waals surface area contributed by atoms with Crippen molar-refractivity contribution in [1.29, 1.82) is 0 Å². The molecule has 0 saturated heterocycles. The fourth-order valence-corrected chi connectivity index (χ4v) is 2.46. The number of benzene rings is 2. The molecule has 0 radical (unpaired) electrons. The predicted octanol–water partition coefficient (Wildman–Crippen LogP) is 4.97. The zero-order valence-corrected chi connectivity index (χ0v) is 13.0. The molecule has 0 bridgehead atoms. The van der Waals surface area contributed by atoms with E-state index in [1.165, 1.54) is 22.3 Å². The summed E-state index contributed by atoms with van der Waals surface area (Å²) in [6.45, 7) is 8.77. The van der Waals surface area contributed by atoms with Gasteiger partial charge in [0, 0.05) is 12.1 Å². The van der Waals surface area contributed by atoms with Crippen LogP contribution in [0.2, 0.25) is 0 Å². The lowest BCUT2D eigenvalue weighted by Crippen LogP contribution is -2.22. The van der Waals surface area contributed by atoms with Crippen molar-refractivity contribution in [1.82, 2.24) is 5.32 Å². The van der Waals surface area contributed by atoms with Gasteiger partial charge < -0.3 is 5.32 Å². The molecule has 0 spiro atoms. The Balaban J connectivity index is 2.02. The fraction of sp³-hybridized carbons (Fsp3) is 0.368. The van der Waals surface area contributed by atoms with Crippen LogP contribution in [0.1, 0.15) is 55.1 Å². The van der Waals surface area contributed by atoms with Crippen molar-refractivity contribution in [3.63, 3.8) is 0 Å². The maximum absolute atomic E-state index is 3.67. The Kier molecular flexibility index (Phi) is 4.97. The lowest BCUT2D eigenvalue weighted by molar-refractivity contribution is 0.494. The molecule has 2 rings (SSSR count). The first-order valence-corrected chi connectivity index (χ1v) is 7.51. The van der Waals surface area contributed by atoms with Crippen LogP contribution < -0.4 is 5.32 Å². The topological polar surface area (TPSA) is 12.0 Å². The summed E-state index contributed by atoms with van der Waals surface area (Å²) in [5.41, 5.74) is 5.39. The molecule has 1 unspecified atom stereocenters. The van der Waals surface area contributed by atoms with Crippen molar-refractivity contribution in [3.8, 4) is 0 Å². The van der Waals surface area contributed by atoms with Crippen LogP contribution in [-0.4, -0.2) is 0 Å². The Labute approximate surface area is 123 Å². The van der Waals surface area contributed by atoms with Gasteiger partial charge in [0.05, 0.1) is 0 Å². The summed E-state index contributed by atoms with van der Waals surface area (Å²) in [6.07, 6.45) is 1.10. The molecular weight excluding hydrogens is 242 g/mol. The van der Waals surface area contributed by atoms with Gasteiger partial charge in [-0.2, -0.15) is 0 Å². The van der Waals surface area contributed by atoms with Crippen LogP contribution in [0, 0.1) is 6.92 Å². The van der Waals surface area contributed by atoms with Gasteiger partial charge in [-0.3, -0.25) is 0 Å². The maximum atomic E-state index is 3.67. The second kappa shape index (κ2) is 6.71. The van der Waals surface area contributed by atoms with Gasteiger partial charge in [-0.15, -0.1) is 0 Å². The molecule has 0 aliphatic rings. The van der Waals surface area contributed by atoms with E-state index in [0.717, 1.165) is 6.42 Å². The molecule has 0 heterocycles. The molecule has 0 saturated carbocycles. The first-order valence-electron chi connectivity index (χ1n) is 7.51. The molecule has 20 heavy (non-hydrogen) atoms. The quantitative estimate of drug-likeness (QED) is 0.806. The van der Waals surface area contributed by atoms with Gasteiger partial charge in [0.1, 0.15) is 0 Å². The van der Waals surface area contributed by atoms with Gasteiger partial charge in [0.25, 0.3) is 0 Å². The highest BCUT2D eigenvalue weighted by atomic mass is 14.9. The number of hydrogen-bond donors (Lipinski definition) is 1. The minimum atomic E-state index is 0.358. The molecule has 0 fully saturated rings. The average Bonchev–Trinajstić information content (AvgIpc) is 2.48. The summed E-state index contributed by atoms with van der Waals surface area (Å²) in [6, 6.07) is 18.4. The van der Waals surface area contributed by atoms with Gasteiger partial charge >= 0.3 is 0 Å². The standard InChI is InChI=1S/C19H25N/c1-5-17-8-12-19(13-9-17)16(4)20-15(3)18-10-6-14(2)7-11-18/h6-13,15-16,20H,5H2,1-4H3/t15-,16?/m0/s1. The monoisotopic (exact) mass is 267 g/mol. The van der Waals surface area contributed by atoms with Crippen LogP contribution in [0.15, 0.2) is 48.5 Å². The molecule has 2 aromatic carbocycles. The van der Waals surface area contributed by atoms with E-state index in [2.05, 4.69) is 81.5 Å². The molecule has 106 valence electrons. The van der Waals surface area contributed by atoms with Crippen molar-refractivity contribution in [2.75, 3.05) is 0 Å². The minimum absolute atomic E-state index is 0.358. The highest BCUT2D eigenvalue weighted by molar-refractivity contribution is 5.26. The van der Waals surface area contributed by atoms with Gasteiger partial charge in [0.2, 0.25) is 0 Å². The summed E-state index contributed by atoms with van der Waals surface area (Å²) in [7, 11) is 0. The first kappa shape index (κ1) is 14.8. The normalized spacial score (nSPS) is 14.0. The SMILES string of the molecule is CCc1ccc(C(C)N[C@@H](C)c2ccc(C)cc2)cc1. The van der Waals surface area contributed by atoms with E-state index in [9.17, 15) is 0 Å². The van der Waals surface area contributed by atoms with Crippen LogP contribution >= 0.6 is 0 Å². The van der Waals surface area contributed by atoms with E-state index >= 15 is 0 Å². The summed E-state index contributed by atoms with van der Waals surface area (Å²) in [5.74, 6) is 0. The summed E-state index contributed by atoms with van der Waals surface area (Å²) >= 11 is 0. The highest BCUT2D eigenvalue weighted by Gasteiger charge is 2.10. The van der Waals surface area contributed by atoms with Crippen LogP contribution in [0.4, 0.5) is 0 Å². The Morgan fingerprint density at radius 3 is 1.70 bits per heavy atom. The zero-order chi connectivity index (χ0) is 14.5. The van der Waals surface area contributed by atoms with Crippen LogP contribution in [-0.2, 0) is 6.42 Å². The van der Waals surface area contributed by atoms with E-state index in [4.69, 9.17) is 0 Å². The minimum Gasteiger partial charge on any atom is -0.304 e. The Morgan fingerprint density at radius 2 is 1.25 bits per heavy atom. The average molecular weight is 267 g/mol. The number of nitrogens with one attached hydrogen (secondary N) is 1. The highest BCUT2D eigenvalue weighted by Crippen LogP contribution is 2.20. The predicted molar refractivity (Wildman–Crippen MR) is 87.0 cm³/mol. The number of rotatable bonds is 5. The zero-order valence-electron chi connectivity index (χ0n) is 13.0. The molecule has 0 amide bonds. The van der Waals surface area contributed by atoms with Gasteiger partial charge in [-0.05, 0) is 43.9 Å². The van der Waals surface area contributed by atoms with Crippen molar-refractivity contribution in [2.24, 2.45) is 0 Å². The Morgan fingerprint density at radius 1 is 0.800 bits per heavy atom. The third kappa shape index (κ3) is 3.71. The van der Waals surface area contributed by atoms with E-state index in [-0.39, 0.29) is 0 Å². The van der Waals surface area contributed by atoms with Gasteiger partial charge in [-0.1, -0.05) is 61.0 Å². The smallest absolute Gasteiger partial charge is 0.0297 e. The van der Waals surface area contributed by atoms with Crippen molar-refractivity contribution in [3.05, 3.63) is 70.8 Å². The van der Waals surface area contributed by atoms with E-state index in [1.54, 1.807) is 0 Å². The van der Waals surface area contributed by atoms with Crippen LogP contribution in [0.5, 0.6) is 0 Å². The van der Waals surface area contributed by atoms with Crippen molar-refractivity contribution >= 4 is 0 Å². The summed E-state index contributed by atoms with van der Waals surface area (Å²) < 4.78 is 0. The third-order valence-corrected chi connectivity index (χ3v) is 3.97. The molecule has 0 aliphatic carbocycles. The van der Waals surface area contributed by atoms with Crippen molar-refractivity contribution < 1.29 is 0 Å². The summed E-state index contributed by atoms with van der Waals surface area (Å²) in [4.78, 5) is 0. The van der Waals surface area contributed by atoms with Crippen molar-refractivity contribution in [2.45, 2.75) is 46.2 Å². The molecule has 0 aromatic heterocycles. The largest absolute Gasteiger partial charge is 0.304 e. The molecule has 2 aromatic rings. The Bertz CT molecular complexity index is 525. The lowest BCUT2D eigenvalue weighted by Gasteiger charge is -2.21. The lowest BCUT2D eigenvalue weighted by atomic mass is 10.0. The first-order chi connectivity index (χ1) is 9.60. The van der Waals surface area contributed by atoms with Crippen LogP contribution in [0.25, 0.3) is 0 Å². The Hall–Kier alpha value is -1.60. The van der Waals surface area contributed by atoms with Gasteiger partial charge in [0.15, 0.2) is 0 Å². The maximum Gasteiger partial charge on any atom is 0.0297 e. The summed E-state index contributed by atoms with van der Waals surface area (Å²) in [5, 5.41) is 3.67. The molecule has 1 heteroatoms. The molecule has 2 atom stereocenters. The second-order valence-corrected chi connectivity index (χ2v) is 5.62. The van der Waals surface area contributed by atoms with E-state index in [0.29, 0.717) is 12.1 Å². The molecule has 1 N–H and O–H groups in total. The van der Waals surface area contributed by atoms with E-state index in [1.807, 2.05) is 0 Å². The molecule has 0 aliphatic heterocycles. The third-order valence-electron chi connectivity index (χ3n) is 3.97. The van der Waals surface area contributed by atoms with Crippen LogP contribution in [0.3, 0.4) is 0 Å². The second-order valence-electron chi connectivity index (χ2n) is 5.62. The fourth-order valence-electron chi connectivity index (χ4n) is 2.46. The molecule has 1 nitrogen and oxygen atoms in total. The number of aryl methyl sites for hydroxylation is 2. The molecular formula is C19H25N. The van der Waals surface area contributed by atoms with E-state index < -0.39 is 0 Å². The van der Waals surface area contributed by atoms with Gasteiger partial charge in [-0.25, -0.2) is 0 Å².